The maximum absolute atomic E-state index is 11.3. The zero-order valence-corrected chi connectivity index (χ0v) is 12.4. The highest BCUT2D eigenvalue weighted by Gasteiger charge is 2.23. The van der Waals surface area contributed by atoms with Gasteiger partial charge in [-0.05, 0) is 18.1 Å². The van der Waals surface area contributed by atoms with Gasteiger partial charge in [0.25, 0.3) is 5.91 Å². The van der Waals surface area contributed by atoms with Gasteiger partial charge in [-0.1, -0.05) is 52.3 Å². The Morgan fingerprint density at radius 1 is 1.40 bits per heavy atom. The SMILES string of the molecule is CC(/C=N\N=C1\C=NNC(=O)C1Br)=C\c1ccccc1. The molecule has 1 atom stereocenters. The maximum Gasteiger partial charge on any atom is 0.260 e. The Balaban J connectivity index is 2.06. The van der Waals surface area contributed by atoms with Crippen LogP contribution >= 0.6 is 15.9 Å². The highest BCUT2D eigenvalue weighted by molar-refractivity contribution is 9.10. The van der Waals surface area contributed by atoms with Crippen LogP contribution in [0.1, 0.15) is 12.5 Å². The van der Waals surface area contributed by atoms with Crippen LogP contribution in [-0.2, 0) is 4.79 Å². The van der Waals surface area contributed by atoms with Crippen molar-refractivity contribution in [2.45, 2.75) is 11.8 Å². The minimum atomic E-state index is -0.518. The Kier molecular flexibility index (Phi) is 4.95. The van der Waals surface area contributed by atoms with Crippen LogP contribution in [0.4, 0.5) is 0 Å². The number of benzene rings is 1. The van der Waals surface area contributed by atoms with Crippen molar-refractivity contribution in [1.82, 2.24) is 5.43 Å². The van der Waals surface area contributed by atoms with Crippen molar-refractivity contribution in [3.05, 3.63) is 41.5 Å². The van der Waals surface area contributed by atoms with E-state index < -0.39 is 4.83 Å². The van der Waals surface area contributed by atoms with E-state index in [4.69, 9.17) is 0 Å². The van der Waals surface area contributed by atoms with Gasteiger partial charge in [0.15, 0.2) is 0 Å². The molecule has 1 heterocycles. The molecule has 102 valence electrons. The van der Waals surface area contributed by atoms with Gasteiger partial charge < -0.3 is 0 Å². The lowest BCUT2D eigenvalue weighted by Gasteiger charge is -2.10. The van der Waals surface area contributed by atoms with Crippen molar-refractivity contribution >= 4 is 46.1 Å². The number of alkyl halides is 1. The number of allylic oxidation sites excluding steroid dienone is 1. The van der Waals surface area contributed by atoms with Gasteiger partial charge in [-0.2, -0.15) is 15.3 Å². The van der Waals surface area contributed by atoms with Crippen molar-refractivity contribution in [3.8, 4) is 0 Å². The first kappa shape index (κ1) is 14.3. The topological polar surface area (TPSA) is 66.2 Å². The monoisotopic (exact) mass is 332 g/mol. The van der Waals surface area contributed by atoms with Crippen molar-refractivity contribution in [3.63, 3.8) is 0 Å². The van der Waals surface area contributed by atoms with Gasteiger partial charge in [0.1, 0.15) is 10.5 Å². The van der Waals surface area contributed by atoms with Gasteiger partial charge in [0.2, 0.25) is 0 Å². The number of rotatable bonds is 3. The van der Waals surface area contributed by atoms with E-state index in [1.807, 2.05) is 43.3 Å². The third-order valence-corrected chi connectivity index (χ3v) is 3.37. The second-order valence-corrected chi connectivity index (χ2v) is 5.08. The Morgan fingerprint density at radius 3 is 2.90 bits per heavy atom. The summed E-state index contributed by atoms with van der Waals surface area (Å²) in [6, 6.07) is 9.94. The number of hydrogen-bond donors (Lipinski definition) is 1. The molecular weight excluding hydrogens is 320 g/mol. The van der Waals surface area contributed by atoms with Crippen LogP contribution in [0, 0.1) is 0 Å². The van der Waals surface area contributed by atoms with Crippen molar-refractivity contribution < 1.29 is 4.79 Å². The van der Waals surface area contributed by atoms with Crippen LogP contribution in [0.3, 0.4) is 0 Å². The van der Waals surface area contributed by atoms with Crippen LogP contribution in [0.25, 0.3) is 6.08 Å². The van der Waals surface area contributed by atoms with Crippen LogP contribution in [0.2, 0.25) is 0 Å². The molecule has 6 heteroatoms. The molecule has 1 unspecified atom stereocenters. The molecule has 0 spiro atoms. The lowest BCUT2D eigenvalue weighted by Crippen LogP contribution is -2.38. The summed E-state index contributed by atoms with van der Waals surface area (Å²) in [6.07, 6.45) is 5.10. The third kappa shape index (κ3) is 3.96. The second kappa shape index (κ2) is 6.91. The standard InChI is InChI=1S/C14H13BrN4O/c1-10(7-11-5-3-2-4-6-11)8-16-18-12-9-17-19-14(20)13(12)15/h2-9,13H,1H3,(H,19,20)/b10-7+,16-8-,18-12-. The van der Waals surface area contributed by atoms with Crippen molar-refractivity contribution in [2.75, 3.05) is 0 Å². The second-order valence-electron chi connectivity index (χ2n) is 4.17. The minimum absolute atomic E-state index is 0.252. The number of nitrogens with one attached hydrogen (secondary N) is 1. The molecule has 1 aliphatic rings. The van der Waals surface area contributed by atoms with E-state index in [0.717, 1.165) is 11.1 Å². The molecule has 2 rings (SSSR count). The summed E-state index contributed by atoms with van der Waals surface area (Å²) >= 11 is 3.22. The molecule has 20 heavy (non-hydrogen) atoms. The maximum atomic E-state index is 11.3. The van der Waals surface area contributed by atoms with Crippen LogP contribution in [0.5, 0.6) is 0 Å². The first-order chi connectivity index (χ1) is 9.66. The van der Waals surface area contributed by atoms with Gasteiger partial charge in [-0.3, -0.25) is 4.79 Å². The summed E-state index contributed by atoms with van der Waals surface area (Å²) in [7, 11) is 0. The van der Waals surface area contributed by atoms with Crippen molar-refractivity contribution in [1.29, 1.82) is 0 Å². The first-order valence-electron chi connectivity index (χ1n) is 5.98. The molecule has 1 aromatic carbocycles. The zero-order valence-electron chi connectivity index (χ0n) is 10.8. The van der Waals surface area contributed by atoms with E-state index in [9.17, 15) is 4.79 Å². The van der Waals surface area contributed by atoms with E-state index in [1.165, 1.54) is 6.21 Å². The Morgan fingerprint density at radius 2 is 2.15 bits per heavy atom. The quantitative estimate of drug-likeness (QED) is 0.515. The average Bonchev–Trinajstić information content (AvgIpc) is 2.44. The zero-order chi connectivity index (χ0) is 14.4. The third-order valence-electron chi connectivity index (χ3n) is 2.49. The Labute approximate surface area is 125 Å². The summed E-state index contributed by atoms with van der Waals surface area (Å²) < 4.78 is 0. The normalized spacial score (nSPS) is 21.5. The van der Waals surface area contributed by atoms with Crippen LogP contribution < -0.4 is 5.43 Å². The molecule has 1 aromatic rings. The number of hydrazone groups is 1. The molecule has 1 aliphatic heterocycles. The molecule has 0 radical (unpaired) electrons. The molecule has 1 N–H and O–H groups in total. The molecule has 5 nitrogen and oxygen atoms in total. The molecule has 1 amide bonds. The summed E-state index contributed by atoms with van der Waals surface area (Å²) in [5, 5.41) is 11.6. The average molecular weight is 333 g/mol. The predicted octanol–water partition coefficient (Wildman–Crippen LogP) is 2.40. The summed E-state index contributed by atoms with van der Waals surface area (Å²) in [5.74, 6) is -0.252. The molecule has 0 fully saturated rings. The van der Waals surface area contributed by atoms with Gasteiger partial charge in [-0.15, -0.1) is 0 Å². The number of halogens is 1. The van der Waals surface area contributed by atoms with E-state index in [2.05, 4.69) is 36.7 Å². The fourth-order valence-corrected chi connectivity index (χ4v) is 1.84. The number of carbonyl (C=O) groups is 1. The van der Waals surface area contributed by atoms with Crippen molar-refractivity contribution in [2.24, 2.45) is 15.3 Å². The Bertz CT molecular complexity index is 605. The molecular formula is C14H13BrN4O. The number of hydrogen-bond acceptors (Lipinski definition) is 4. The van der Waals surface area contributed by atoms with Gasteiger partial charge in [0.05, 0.1) is 12.4 Å². The number of nitrogens with zero attached hydrogens (tertiary/aromatic N) is 3. The van der Waals surface area contributed by atoms with Crippen LogP contribution in [0.15, 0.2) is 51.2 Å². The lowest BCUT2D eigenvalue weighted by molar-refractivity contribution is -0.119. The molecule has 0 saturated carbocycles. The molecule has 0 aliphatic carbocycles. The lowest BCUT2D eigenvalue weighted by atomic mass is 10.1. The van der Waals surface area contributed by atoms with Gasteiger partial charge >= 0.3 is 0 Å². The van der Waals surface area contributed by atoms with E-state index in [0.29, 0.717) is 5.71 Å². The number of amides is 1. The van der Waals surface area contributed by atoms with Gasteiger partial charge in [-0.25, -0.2) is 5.43 Å². The highest BCUT2D eigenvalue weighted by Crippen LogP contribution is 2.07. The first-order valence-corrected chi connectivity index (χ1v) is 6.89. The fraction of sp³-hybridized carbons (Fsp3) is 0.143. The van der Waals surface area contributed by atoms with Crippen LogP contribution in [-0.4, -0.2) is 28.9 Å². The predicted molar refractivity (Wildman–Crippen MR) is 85.4 cm³/mol. The molecule has 0 bridgehead atoms. The minimum Gasteiger partial charge on any atom is -0.271 e. The van der Waals surface area contributed by atoms with E-state index >= 15 is 0 Å². The molecule has 0 aromatic heterocycles. The summed E-state index contributed by atoms with van der Waals surface area (Å²) in [4.78, 5) is 10.8. The molecule has 0 saturated heterocycles. The summed E-state index contributed by atoms with van der Waals surface area (Å²) in [6.45, 7) is 1.93. The largest absolute Gasteiger partial charge is 0.271 e. The Hall–Kier alpha value is -2.08. The fourth-order valence-electron chi connectivity index (χ4n) is 1.53. The summed E-state index contributed by atoms with van der Waals surface area (Å²) in [5.41, 5.74) is 4.86. The van der Waals surface area contributed by atoms with E-state index in [1.54, 1.807) is 6.21 Å². The highest BCUT2D eigenvalue weighted by atomic mass is 79.9. The number of carbonyl (C=O) groups excluding carboxylic acids is 1. The van der Waals surface area contributed by atoms with Gasteiger partial charge in [0, 0.05) is 0 Å². The smallest absolute Gasteiger partial charge is 0.260 e. The van der Waals surface area contributed by atoms with E-state index in [-0.39, 0.29) is 5.91 Å².